The summed E-state index contributed by atoms with van der Waals surface area (Å²) in [5.74, 6) is 0.0708. The number of ether oxygens (including phenoxy) is 1. The van der Waals surface area contributed by atoms with E-state index in [2.05, 4.69) is 18.4 Å². The topological polar surface area (TPSA) is 42.4 Å². The molecule has 0 radical (unpaired) electrons. The molecular weight excluding hydrogens is 376 g/mol. The van der Waals surface area contributed by atoms with E-state index in [1.165, 1.54) is 0 Å². The normalized spacial score (nSPS) is 16.7. The molecule has 2 aromatic carbocycles. The Labute approximate surface area is 167 Å². The number of nitrogens with zero attached hydrogens (tertiary/aromatic N) is 2. The van der Waals surface area contributed by atoms with Gasteiger partial charge in [-0.05, 0) is 36.8 Å². The molecule has 0 aliphatic carbocycles. The molecule has 27 heavy (non-hydrogen) atoms. The quantitative estimate of drug-likeness (QED) is 0.561. The van der Waals surface area contributed by atoms with Crippen LogP contribution in [-0.2, 0) is 16.0 Å². The molecule has 3 aromatic rings. The Bertz CT molecular complexity index is 920. The lowest BCUT2D eigenvalue weighted by Gasteiger charge is -2.23. The van der Waals surface area contributed by atoms with Gasteiger partial charge in [0.25, 0.3) is 0 Å². The third-order valence-electron chi connectivity index (χ3n) is 4.73. The van der Waals surface area contributed by atoms with Gasteiger partial charge in [-0.3, -0.25) is 9.69 Å². The van der Waals surface area contributed by atoms with Crippen LogP contribution in [0.2, 0.25) is 0 Å². The molecular formula is C21H22N2O2S2. The number of rotatable bonds is 6. The number of hydrogen-bond donors (Lipinski definition) is 0. The number of anilines is 1. The van der Waals surface area contributed by atoms with Crippen LogP contribution in [0.5, 0.6) is 0 Å². The van der Waals surface area contributed by atoms with E-state index in [4.69, 9.17) is 9.72 Å². The summed E-state index contributed by atoms with van der Waals surface area (Å²) in [6.45, 7) is 1.35. The summed E-state index contributed by atoms with van der Waals surface area (Å²) >= 11 is 3.27. The molecule has 0 saturated carbocycles. The number of thioether (sulfide) groups is 1. The summed E-state index contributed by atoms with van der Waals surface area (Å²) in [6, 6.07) is 16.1. The highest BCUT2D eigenvalue weighted by molar-refractivity contribution is 7.98. The van der Waals surface area contributed by atoms with E-state index in [9.17, 15) is 4.79 Å². The van der Waals surface area contributed by atoms with Crippen molar-refractivity contribution in [3.8, 4) is 0 Å². The van der Waals surface area contributed by atoms with Crippen LogP contribution in [0, 0.1) is 0 Å². The molecule has 1 amide bonds. The Kier molecular flexibility index (Phi) is 5.76. The predicted octanol–water partition coefficient (Wildman–Crippen LogP) is 4.77. The van der Waals surface area contributed by atoms with Gasteiger partial charge in [0.2, 0.25) is 5.91 Å². The van der Waals surface area contributed by atoms with Crippen molar-refractivity contribution in [3.05, 3.63) is 54.1 Å². The maximum absolute atomic E-state index is 13.2. The van der Waals surface area contributed by atoms with Gasteiger partial charge in [0.15, 0.2) is 5.13 Å². The van der Waals surface area contributed by atoms with Crippen molar-refractivity contribution in [2.75, 3.05) is 24.3 Å². The minimum atomic E-state index is 0.0708. The lowest BCUT2D eigenvalue weighted by Crippen LogP contribution is -2.38. The van der Waals surface area contributed by atoms with Gasteiger partial charge in [-0.1, -0.05) is 47.7 Å². The second kappa shape index (κ2) is 8.42. The van der Waals surface area contributed by atoms with Crippen molar-refractivity contribution < 1.29 is 9.53 Å². The molecule has 6 heteroatoms. The average molecular weight is 399 g/mol. The molecule has 1 aliphatic heterocycles. The minimum absolute atomic E-state index is 0.0708. The Morgan fingerprint density at radius 2 is 2.11 bits per heavy atom. The lowest BCUT2D eigenvalue weighted by molar-refractivity contribution is -0.118. The first-order chi connectivity index (χ1) is 13.2. The summed E-state index contributed by atoms with van der Waals surface area (Å²) in [6.07, 6.45) is 4.58. The van der Waals surface area contributed by atoms with Crippen LogP contribution in [0.1, 0.15) is 18.4 Å². The molecule has 1 aliphatic rings. The second-order valence-electron chi connectivity index (χ2n) is 6.61. The fourth-order valence-electron chi connectivity index (χ4n) is 3.34. The number of hydrogen-bond acceptors (Lipinski definition) is 5. The second-order valence-corrected chi connectivity index (χ2v) is 8.46. The molecule has 1 fully saturated rings. The number of carbonyl (C=O) groups excluding carboxylic acids is 1. The van der Waals surface area contributed by atoms with Crippen molar-refractivity contribution in [2.24, 2.45) is 0 Å². The maximum Gasteiger partial charge on any atom is 0.233 e. The largest absolute Gasteiger partial charge is 0.376 e. The summed E-state index contributed by atoms with van der Waals surface area (Å²) < 4.78 is 6.92. The van der Waals surface area contributed by atoms with Crippen LogP contribution in [0.3, 0.4) is 0 Å². The van der Waals surface area contributed by atoms with E-state index in [0.29, 0.717) is 13.0 Å². The van der Waals surface area contributed by atoms with E-state index < -0.39 is 0 Å². The van der Waals surface area contributed by atoms with Crippen LogP contribution in [0.15, 0.2) is 53.4 Å². The monoisotopic (exact) mass is 398 g/mol. The van der Waals surface area contributed by atoms with Crippen molar-refractivity contribution in [2.45, 2.75) is 30.3 Å². The molecule has 2 heterocycles. The molecule has 0 N–H and O–H groups in total. The van der Waals surface area contributed by atoms with Gasteiger partial charge in [0, 0.05) is 11.5 Å². The Hall–Kier alpha value is -1.89. The molecule has 4 nitrogen and oxygen atoms in total. The molecule has 0 bridgehead atoms. The summed E-state index contributed by atoms with van der Waals surface area (Å²) in [5, 5.41) is 0.767. The van der Waals surface area contributed by atoms with Crippen LogP contribution in [-0.4, -0.2) is 36.4 Å². The standard InChI is InChI=1S/C21H22N2O2S2/c1-26-17-10-5-11-18-20(17)22-21(27-18)23(14-16-9-6-12-25-16)19(24)13-15-7-3-2-4-8-15/h2-5,7-8,10-11,16H,6,9,12-14H2,1H3/t16-/m0/s1. The van der Waals surface area contributed by atoms with Crippen molar-refractivity contribution in [3.63, 3.8) is 0 Å². The molecule has 1 aromatic heterocycles. The Morgan fingerprint density at radius 1 is 1.26 bits per heavy atom. The summed E-state index contributed by atoms with van der Waals surface area (Å²) in [7, 11) is 0. The van der Waals surface area contributed by atoms with E-state index in [1.54, 1.807) is 23.1 Å². The minimum Gasteiger partial charge on any atom is -0.376 e. The molecule has 1 saturated heterocycles. The molecule has 0 spiro atoms. The fourth-order valence-corrected chi connectivity index (χ4v) is 4.98. The van der Waals surface area contributed by atoms with Gasteiger partial charge in [-0.2, -0.15) is 0 Å². The third kappa shape index (κ3) is 4.18. The number of para-hydroxylation sites is 1. The van der Waals surface area contributed by atoms with Gasteiger partial charge in [-0.15, -0.1) is 11.8 Å². The first-order valence-corrected chi connectivity index (χ1v) is 11.2. The summed E-state index contributed by atoms with van der Waals surface area (Å²) in [5.41, 5.74) is 2.00. The number of thiazole rings is 1. The lowest BCUT2D eigenvalue weighted by atomic mass is 10.1. The number of fused-ring (bicyclic) bond motifs is 1. The van der Waals surface area contributed by atoms with Crippen molar-refractivity contribution in [1.29, 1.82) is 0 Å². The van der Waals surface area contributed by atoms with Gasteiger partial charge in [0.1, 0.15) is 0 Å². The number of amides is 1. The SMILES string of the molecule is CSc1cccc2sc(N(C[C@@H]3CCCO3)C(=O)Cc3ccccc3)nc12. The Balaban J connectivity index is 1.65. The first-order valence-electron chi connectivity index (χ1n) is 9.14. The number of aromatic nitrogens is 1. The van der Waals surface area contributed by atoms with E-state index in [1.807, 2.05) is 41.3 Å². The smallest absolute Gasteiger partial charge is 0.233 e. The van der Waals surface area contributed by atoms with Crippen molar-refractivity contribution >= 4 is 44.4 Å². The Morgan fingerprint density at radius 3 is 2.85 bits per heavy atom. The highest BCUT2D eigenvalue weighted by Crippen LogP contribution is 2.34. The van der Waals surface area contributed by atoms with E-state index in [0.717, 1.165) is 45.3 Å². The van der Waals surface area contributed by atoms with Gasteiger partial charge >= 0.3 is 0 Å². The maximum atomic E-state index is 13.2. The molecule has 4 rings (SSSR count). The first kappa shape index (κ1) is 18.5. The highest BCUT2D eigenvalue weighted by Gasteiger charge is 2.26. The zero-order valence-electron chi connectivity index (χ0n) is 15.3. The summed E-state index contributed by atoms with van der Waals surface area (Å²) in [4.78, 5) is 21.0. The zero-order chi connectivity index (χ0) is 18.6. The number of benzene rings is 2. The fraction of sp³-hybridized carbons (Fsp3) is 0.333. The average Bonchev–Trinajstić information content (AvgIpc) is 3.35. The third-order valence-corrected chi connectivity index (χ3v) is 6.54. The van der Waals surface area contributed by atoms with E-state index in [-0.39, 0.29) is 12.0 Å². The van der Waals surface area contributed by atoms with Crippen LogP contribution < -0.4 is 4.90 Å². The van der Waals surface area contributed by atoms with Crippen LogP contribution >= 0.6 is 23.1 Å². The van der Waals surface area contributed by atoms with Crippen LogP contribution in [0.4, 0.5) is 5.13 Å². The van der Waals surface area contributed by atoms with Gasteiger partial charge in [-0.25, -0.2) is 4.98 Å². The predicted molar refractivity (Wildman–Crippen MR) is 113 cm³/mol. The van der Waals surface area contributed by atoms with E-state index >= 15 is 0 Å². The number of carbonyl (C=O) groups is 1. The van der Waals surface area contributed by atoms with Crippen molar-refractivity contribution in [1.82, 2.24) is 4.98 Å². The molecule has 1 atom stereocenters. The van der Waals surface area contributed by atoms with Crippen LogP contribution in [0.25, 0.3) is 10.2 Å². The van der Waals surface area contributed by atoms with Gasteiger partial charge < -0.3 is 4.74 Å². The molecule has 140 valence electrons. The van der Waals surface area contributed by atoms with Gasteiger partial charge in [0.05, 0.1) is 29.3 Å². The molecule has 0 unspecified atom stereocenters. The zero-order valence-corrected chi connectivity index (χ0v) is 16.9. The highest BCUT2D eigenvalue weighted by atomic mass is 32.2.